The Kier molecular flexibility index (Phi) is 6.18. The fourth-order valence-corrected chi connectivity index (χ4v) is 3.66. The predicted octanol–water partition coefficient (Wildman–Crippen LogP) is 4.03. The van der Waals surface area contributed by atoms with E-state index >= 15 is 0 Å². The first-order chi connectivity index (χ1) is 15.5. The molecule has 1 aliphatic rings. The van der Waals surface area contributed by atoms with Gasteiger partial charge in [-0.3, -0.25) is 4.90 Å². The quantitative estimate of drug-likeness (QED) is 0.599. The van der Waals surface area contributed by atoms with Crippen LogP contribution in [-0.2, 0) is 4.74 Å². The van der Waals surface area contributed by atoms with Crippen LogP contribution in [0.5, 0.6) is 5.75 Å². The van der Waals surface area contributed by atoms with Gasteiger partial charge in [0, 0.05) is 18.4 Å². The summed E-state index contributed by atoms with van der Waals surface area (Å²) in [5.41, 5.74) is 2.66. The summed E-state index contributed by atoms with van der Waals surface area (Å²) in [5.74, 6) is 0.0764. The molecule has 1 N–H and O–H groups in total. The van der Waals surface area contributed by atoms with Crippen molar-refractivity contribution in [2.75, 3.05) is 27.4 Å². The number of hydrogen-bond donors (Lipinski definition) is 1. The van der Waals surface area contributed by atoms with E-state index in [0.717, 1.165) is 5.56 Å². The number of nitrogens with one attached hydrogen (secondary N) is 1. The summed E-state index contributed by atoms with van der Waals surface area (Å²) in [6, 6.07) is 13.2. The minimum absolute atomic E-state index is 0.129. The third kappa shape index (κ3) is 4.06. The van der Waals surface area contributed by atoms with Crippen molar-refractivity contribution in [3.05, 3.63) is 71.5 Å². The van der Waals surface area contributed by atoms with E-state index in [1.165, 1.54) is 19.2 Å². The number of nitrogens with zero attached hydrogens (tertiary/aromatic N) is 3. The molecule has 2 heterocycles. The standard InChI is InChI=1S/C23H23FN4O4/c1-14-19(22-26-21(27-32-22)16-9-10-18(31-3)17(24)13-16)20(15-7-5-4-6-8-15)25-23(29)28(14)11-12-30-2/h4-10,13,20H,11-12H2,1-3H3,(H,25,29). The molecule has 8 nitrogen and oxygen atoms in total. The van der Waals surface area contributed by atoms with E-state index < -0.39 is 11.9 Å². The lowest BCUT2D eigenvalue weighted by atomic mass is 9.95. The van der Waals surface area contributed by atoms with Crippen LogP contribution in [0.15, 0.2) is 58.8 Å². The van der Waals surface area contributed by atoms with Gasteiger partial charge in [0.15, 0.2) is 11.6 Å². The summed E-state index contributed by atoms with van der Waals surface area (Å²) in [6.07, 6.45) is 0. The fourth-order valence-electron chi connectivity index (χ4n) is 3.66. The SMILES string of the molecule is COCCN1C(=O)NC(c2ccccc2)C(c2nc(-c3ccc(OC)c(F)c3)no2)=C1C. The highest BCUT2D eigenvalue weighted by Gasteiger charge is 2.35. The Balaban J connectivity index is 1.77. The molecule has 32 heavy (non-hydrogen) atoms. The van der Waals surface area contributed by atoms with Crippen molar-refractivity contribution in [1.29, 1.82) is 0 Å². The third-order valence-electron chi connectivity index (χ3n) is 5.31. The predicted molar refractivity (Wildman–Crippen MR) is 115 cm³/mol. The van der Waals surface area contributed by atoms with E-state index in [1.54, 1.807) is 18.1 Å². The number of amides is 2. The van der Waals surface area contributed by atoms with Gasteiger partial charge in [0.2, 0.25) is 5.82 Å². The molecule has 2 aromatic carbocycles. The number of ether oxygens (including phenoxy) is 2. The molecule has 1 aromatic heterocycles. The summed E-state index contributed by atoms with van der Waals surface area (Å²) in [6.45, 7) is 2.56. The van der Waals surface area contributed by atoms with Crippen LogP contribution in [0.25, 0.3) is 17.0 Å². The second-order valence-electron chi connectivity index (χ2n) is 7.21. The molecule has 1 atom stereocenters. The van der Waals surface area contributed by atoms with Crippen molar-refractivity contribution in [2.45, 2.75) is 13.0 Å². The van der Waals surface area contributed by atoms with Crippen LogP contribution in [0, 0.1) is 5.82 Å². The monoisotopic (exact) mass is 438 g/mol. The van der Waals surface area contributed by atoms with Crippen LogP contribution in [0.1, 0.15) is 24.4 Å². The highest BCUT2D eigenvalue weighted by molar-refractivity contribution is 5.86. The molecule has 0 saturated heterocycles. The van der Waals surface area contributed by atoms with Crippen molar-refractivity contribution < 1.29 is 23.2 Å². The molecular formula is C23H23FN4O4. The van der Waals surface area contributed by atoms with E-state index in [2.05, 4.69) is 15.5 Å². The van der Waals surface area contributed by atoms with Gasteiger partial charge in [0.05, 0.1) is 31.9 Å². The zero-order valence-electron chi connectivity index (χ0n) is 18.0. The van der Waals surface area contributed by atoms with Crippen molar-refractivity contribution >= 4 is 11.6 Å². The van der Waals surface area contributed by atoms with Gasteiger partial charge in [-0.25, -0.2) is 9.18 Å². The molecule has 4 rings (SSSR count). The molecule has 0 saturated carbocycles. The fraction of sp³-hybridized carbons (Fsp3) is 0.261. The summed E-state index contributed by atoms with van der Waals surface area (Å²) in [4.78, 5) is 18.9. The largest absolute Gasteiger partial charge is 0.494 e. The highest BCUT2D eigenvalue weighted by atomic mass is 19.1. The molecule has 0 fully saturated rings. The Morgan fingerprint density at radius 1 is 1.19 bits per heavy atom. The minimum Gasteiger partial charge on any atom is -0.494 e. The van der Waals surface area contributed by atoms with Crippen LogP contribution in [0.4, 0.5) is 9.18 Å². The van der Waals surface area contributed by atoms with E-state index in [4.69, 9.17) is 14.0 Å². The highest BCUT2D eigenvalue weighted by Crippen LogP contribution is 2.37. The Hall–Kier alpha value is -3.72. The lowest BCUT2D eigenvalue weighted by Crippen LogP contribution is -2.47. The summed E-state index contributed by atoms with van der Waals surface area (Å²) < 4.78 is 29.9. The number of hydrogen-bond acceptors (Lipinski definition) is 6. The second kappa shape index (κ2) is 9.19. The van der Waals surface area contributed by atoms with Crippen molar-refractivity contribution in [2.24, 2.45) is 0 Å². The van der Waals surface area contributed by atoms with E-state index in [-0.39, 0.29) is 23.5 Å². The van der Waals surface area contributed by atoms with Gasteiger partial charge in [-0.15, -0.1) is 0 Å². The first kappa shape index (κ1) is 21.5. The van der Waals surface area contributed by atoms with E-state index in [9.17, 15) is 9.18 Å². The van der Waals surface area contributed by atoms with Gasteiger partial charge in [-0.2, -0.15) is 4.98 Å². The topological polar surface area (TPSA) is 89.7 Å². The maximum atomic E-state index is 14.2. The minimum atomic E-state index is -0.524. The first-order valence-corrected chi connectivity index (χ1v) is 10.0. The molecule has 3 aromatic rings. The third-order valence-corrected chi connectivity index (χ3v) is 5.31. The van der Waals surface area contributed by atoms with Crippen LogP contribution < -0.4 is 10.1 Å². The zero-order valence-corrected chi connectivity index (χ0v) is 18.0. The molecule has 1 aliphatic heterocycles. The lowest BCUT2D eigenvalue weighted by molar-refractivity contribution is 0.158. The number of rotatable bonds is 7. The average Bonchev–Trinajstić information content (AvgIpc) is 3.29. The smallest absolute Gasteiger partial charge is 0.322 e. The maximum absolute atomic E-state index is 14.2. The zero-order chi connectivity index (χ0) is 22.7. The second-order valence-corrected chi connectivity index (χ2v) is 7.21. The van der Waals surface area contributed by atoms with Gasteiger partial charge >= 0.3 is 6.03 Å². The van der Waals surface area contributed by atoms with Crippen LogP contribution in [0.2, 0.25) is 0 Å². The Morgan fingerprint density at radius 3 is 2.66 bits per heavy atom. The van der Waals surface area contributed by atoms with Gasteiger partial charge in [-0.05, 0) is 30.7 Å². The number of methoxy groups -OCH3 is 2. The molecule has 1 unspecified atom stereocenters. The van der Waals surface area contributed by atoms with Crippen LogP contribution in [-0.4, -0.2) is 48.4 Å². The first-order valence-electron chi connectivity index (χ1n) is 10.0. The van der Waals surface area contributed by atoms with E-state index in [0.29, 0.717) is 30.0 Å². The van der Waals surface area contributed by atoms with Crippen molar-refractivity contribution in [1.82, 2.24) is 20.4 Å². The number of benzene rings is 2. The number of aromatic nitrogens is 2. The number of allylic oxidation sites excluding steroid dienone is 1. The summed E-state index contributed by atoms with van der Waals surface area (Å²) >= 11 is 0. The van der Waals surface area contributed by atoms with Gasteiger partial charge < -0.3 is 19.3 Å². The van der Waals surface area contributed by atoms with Crippen molar-refractivity contribution in [3.8, 4) is 17.1 Å². The van der Waals surface area contributed by atoms with Crippen LogP contribution in [0.3, 0.4) is 0 Å². The molecule has 0 bridgehead atoms. The van der Waals surface area contributed by atoms with Gasteiger partial charge in [0.1, 0.15) is 0 Å². The number of carbonyl (C=O) groups excluding carboxylic acids is 1. The molecule has 2 amide bonds. The molecule has 0 spiro atoms. The average molecular weight is 438 g/mol. The van der Waals surface area contributed by atoms with Crippen molar-refractivity contribution in [3.63, 3.8) is 0 Å². The summed E-state index contributed by atoms with van der Waals surface area (Å²) in [7, 11) is 2.98. The van der Waals surface area contributed by atoms with Crippen LogP contribution >= 0.6 is 0 Å². The number of carbonyl (C=O) groups is 1. The summed E-state index contributed by atoms with van der Waals surface area (Å²) in [5, 5.41) is 7.06. The normalized spacial score (nSPS) is 16.3. The number of urea groups is 1. The maximum Gasteiger partial charge on any atom is 0.322 e. The number of halogens is 1. The Labute approximate surface area is 184 Å². The lowest BCUT2D eigenvalue weighted by Gasteiger charge is -2.35. The molecule has 0 radical (unpaired) electrons. The molecular weight excluding hydrogens is 415 g/mol. The molecule has 166 valence electrons. The Bertz CT molecular complexity index is 1150. The van der Waals surface area contributed by atoms with Gasteiger partial charge in [-0.1, -0.05) is 35.5 Å². The Morgan fingerprint density at radius 2 is 1.97 bits per heavy atom. The molecule has 9 heteroatoms. The molecule has 0 aliphatic carbocycles. The van der Waals surface area contributed by atoms with Gasteiger partial charge in [0.25, 0.3) is 5.89 Å². The van der Waals surface area contributed by atoms with E-state index in [1.807, 2.05) is 37.3 Å².